The maximum Gasteiger partial charge on any atom is 0.0705 e. The summed E-state index contributed by atoms with van der Waals surface area (Å²) in [5, 5.41) is 4.60. The monoisotopic (exact) mass is 268 g/mol. The molecule has 0 spiro atoms. The number of benzene rings is 1. The predicted molar refractivity (Wildman–Crippen MR) is 84.8 cm³/mol. The third kappa shape index (κ3) is 3.01. The maximum absolute atomic E-state index is 4.84. The molecule has 0 amide bonds. The summed E-state index contributed by atoms with van der Waals surface area (Å²) in [5.41, 5.74) is 2.39. The van der Waals surface area contributed by atoms with Crippen LogP contribution >= 0.6 is 0 Å². The van der Waals surface area contributed by atoms with Gasteiger partial charge in [0.2, 0.25) is 0 Å². The van der Waals surface area contributed by atoms with Gasteiger partial charge in [0.05, 0.1) is 5.52 Å². The number of aromatic nitrogens is 1. The molecule has 1 aromatic carbocycles. The van der Waals surface area contributed by atoms with Gasteiger partial charge in [-0.1, -0.05) is 37.1 Å². The highest BCUT2D eigenvalue weighted by Gasteiger charge is 2.24. The van der Waals surface area contributed by atoms with Crippen molar-refractivity contribution >= 4 is 10.9 Å². The van der Waals surface area contributed by atoms with E-state index in [1.165, 1.54) is 36.8 Å². The number of fused-ring (bicyclic) bond motifs is 1. The molecule has 1 fully saturated rings. The minimum Gasteiger partial charge on any atom is -0.319 e. The number of rotatable bonds is 4. The lowest BCUT2D eigenvalue weighted by Gasteiger charge is -2.31. The molecule has 0 radical (unpaired) electrons. The van der Waals surface area contributed by atoms with Crippen LogP contribution in [0.25, 0.3) is 10.9 Å². The van der Waals surface area contributed by atoms with Gasteiger partial charge in [0, 0.05) is 11.1 Å². The van der Waals surface area contributed by atoms with Crippen LogP contribution in [0.3, 0.4) is 0 Å². The van der Waals surface area contributed by atoms with Crippen LogP contribution in [-0.4, -0.2) is 18.6 Å². The Morgan fingerprint density at radius 3 is 2.70 bits per heavy atom. The molecule has 1 saturated carbocycles. The summed E-state index contributed by atoms with van der Waals surface area (Å²) >= 11 is 0. The summed E-state index contributed by atoms with van der Waals surface area (Å²) in [6.07, 6.45) is 6.66. The molecule has 2 aromatic rings. The van der Waals surface area contributed by atoms with Gasteiger partial charge in [-0.3, -0.25) is 4.98 Å². The molecule has 2 atom stereocenters. The summed E-state index contributed by atoms with van der Waals surface area (Å²) < 4.78 is 0. The van der Waals surface area contributed by atoms with Gasteiger partial charge in [-0.15, -0.1) is 0 Å². The van der Waals surface area contributed by atoms with Crippen molar-refractivity contribution in [1.82, 2.24) is 10.3 Å². The average Bonchev–Trinajstić information content (AvgIpc) is 2.49. The standard InChI is InChI=1S/C18H24N2/c1-19-13-16-8-3-2-7-15(16)12-17-11-10-14-6-4-5-9-18(14)20-17/h4-6,9-11,15-16,19H,2-3,7-8,12-13H2,1H3. The molecular formula is C18H24N2. The minimum absolute atomic E-state index is 0.796. The number of hydrogen-bond acceptors (Lipinski definition) is 2. The first-order valence-electron chi connectivity index (χ1n) is 7.86. The van der Waals surface area contributed by atoms with Crippen LogP contribution in [0.4, 0.5) is 0 Å². The molecular weight excluding hydrogens is 244 g/mol. The highest BCUT2D eigenvalue weighted by atomic mass is 14.8. The van der Waals surface area contributed by atoms with E-state index in [1.54, 1.807) is 0 Å². The molecule has 106 valence electrons. The fourth-order valence-electron chi connectivity index (χ4n) is 3.57. The molecule has 1 aliphatic rings. The number of para-hydroxylation sites is 1. The number of nitrogens with one attached hydrogen (secondary N) is 1. The zero-order chi connectivity index (χ0) is 13.8. The fourth-order valence-corrected chi connectivity index (χ4v) is 3.57. The van der Waals surface area contributed by atoms with Gasteiger partial charge in [0.1, 0.15) is 0 Å². The highest BCUT2D eigenvalue weighted by Crippen LogP contribution is 2.32. The average molecular weight is 268 g/mol. The Hall–Kier alpha value is -1.41. The molecule has 2 unspecified atom stereocenters. The van der Waals surface area contributed by atoms with E-state index in [1.807, 2.05) is 0 Å². The summed E-state index contributed by atoms with van der Waals surface area (Å²) in [4.78, 5) is 4.84. The van der Waals surface area contributed by atoms with Crippen LogP contribution in [0.5, 0.6) is 0 Å². The summed E-state index contributed by atoms with van der Waals surface area (Å²) in [7, 11) is 2.07. The van der Waals surface area contributed by atoms with E-state index in [4.69, 9.17) is 4.98 Å². The third-order valence-corrected chi connectivity index (χ3v) is 4.66. The lowest BCUT2D eigenvalue weighted by Crippen LogP contribution is -2.30. The molecule has 0 saturated heterocycles. The largest absolute Gasteiger partial charge is 0.319 e. The normalized spacial score (nSPS) is 23.1. The fraction of sp³-hybridized carbons (Fsp3) is 0.500. The lowest BCUT2D eigenvalue weighted by atomic mass is 9.77. The van der Waals surface area contributed by atoms with E-state index >= 15 is 0 Å². The molecule has 2 nitrogen and oxygen atoms in total. The summed E-state index contributed by atoms with van der Waals surface area (Å²) in [6, 6.07) is 12.8. The van der Waals surface area contributed by atoms with Gasteiger partial charge in [-0.2, -0.15) is 0 Å². The van der Waals surface area contributed by atoms with Crippen LogP contribution < -0.4 is 5.32 Å². The Labute approximate surface area is 121 Å². The maximum atomic E-state index is 4.84. The third-order valence-electron chi connectivity index (χ3n) is 4.66. The van der Waals surface area contributed by atoms with Crippen LogP contribution in [0.2, 0.25) is 0 Å². The topological polar surface area (TPSA) is 24.9 Å². The van der Waals surface area contributed by atoms with E-state index in [2.05, 4.69) is 48.8 Å². The quantitative estimate of drug-likeness (QED) is 0.912. The zero-order valence-electron chi connectivity index (χ0n) is 12.3. The van der Waals surface area contributed by atoms with Crippen molar-refractivity contribution in [2.24, 2.45) is 11.8 Å². The van der Waals surface area contributed by atoms with Gasteiger partial charge in [0.15, 0.2) is 0 Å². The minimum atomic E-state index is 0.796. The zero-order valence-corrected chi connectivity index (χ0v) is 12.3. The number of nitrogens with zero attached hydrogens (tertiary/aromatic N) is 1. The van der Waals surface area contributed by atoms with E-state index < -0.39 is 0 Å². The Morgan fingerprint density at radius 1 is 1.05 bits per heavy atom. The smallest absolute Gasteiger partial charge is 0.0705 e. The summed E-state index contributed by atoms with van der Waals surface area (Å²) in [6.45, 7) is 1.15. The summed E-state index contributed by atoms with van der Waals surface area (Å²) in [5.74, 6) is 1.62. The molecule has 3 rings (SSSR count). The van der Waals surface area contributed by atoms with Crippen LogP contribution in [0.15, 0.2) is 36.4 Å². The highest BCUT2D eigenvalue weighted by molar-refractivity contribution is 5.78. The second-order valence-corrected chi connectivity index (χ2v) is 6.06. The van der Waals surface area contributed by atoms with Gasteiger partial charge in [0.25, 0.3) is 0 Å². The lowest BCUT2D eigenvalue weighted by molar-refractivity contribution is 0.231. The second-order valence-electron chi connectivity index (χ2n) is 6.06. The van der Waals surface area contributed by atoms with Crippen LogP contribution in [0.1, 0.15) is 31.4 Å². The van der Waals surface area contributed by atoms with Crippen molar-refractivity contribution in [2.45, 2.75) is 32.1 Å². The van der Waals surface area contributed by atoms with Gasteiger partial charge >= 0.3 is 0 Å². The van der Waals surface area contributed by atoms with Crippen molar-refractivity contribution < 1.29 is 0 Å². The molecule has 1 N–H and O–H groups in total. The van der Waals surface area contributed by atoms with Crippen molar-refractivity contribution in [3.05, 3.63) is 42.1 Å². The van der Waals surface area contributed by atoms with Crippen molar-refractivity contribution in [1.29, 1.82) is 0 Å². The Balaban J connectivity index is 1.77. The first-order chi connectivity index (χ1) is 9.86. The first kappa shape index (κ1) is 13.6. The number of pyridine rings is 1. The van der Waals surface area contributed by atoms with Gasteiger partial charge < -0.3 is 5.32 Å². The predicted octanol–water partition coefficient (Wildman–Crippen LogP) is 3.80. The molecule has 1 aliphatic carbocycles. The Kier molecular flexibility index (Phi) is 4.31. The van der Waals surface area contributed by atoms with Crippen LogP contribution in [-0.2, 0) is 6.42 Å². The van der Waals surface area contributed by atoms with Gasteiger partial charge in [-0.25, -0.2) is 0 Å². The molecule has 0 aliphatic heterocycles. The molecule has 2 heteroatoms. The van der Waals surface area contributed by atoms with Crippen LogP contribution in [0, 0.1) is 11.8 Å². The first-order valence-corrected chi connectivity index (χ1v) is 7.86. The van der Waals surface area contributed by atoms with E-state index in [0.717, 1.165) is 30.3 Å². The van der Waals surface area contributed by atoms with E-state index in [0.29, 0.717) is 0 Å². The van der Waals surface area contributed by atoms with E-state index in [9.17, 15) is 0 Å². The Morgan fingerprint density at radius 2 is 1.85 bits per heavy atom. The Bertz CT molecular complexity index is 562. The van der Waals surface area contributed by atoms with Crippen molar-refractivity contribution in [3.8, 4) is 0 Å². The SMILES string of the molecule is CNCC1CCCCC1Cc1ccc2ccccc2n1. The van der Waals surface area contributed by atoms with Crippen molar-refractivity contribution in [3.63, 3.8) is 0 Å². The second kappa shape index (κ2) is 6.36. The molecule has 1 aromatic heterocycles. The van der Waals surface area contributed by atoms with E-state index in [-0.39, 0.29) is 0 Å². The number of hydrogen-bond donors (Lipinski definition) is 1. The molecule has 20 heavy (non-hydrogen) atoms. The molecule has 1 heterocycles. The van der Waals surface area contributed by atoms with Gasteiger partial charge in [-0.05, 0) is 56.8 Å². The van der Waals surface area contributed by atoms with Crippen molar-refractivity contribution in [2.75, 3.05) is 13.6 Å². The molecule has 0 bridgehead atoms.